The predicted octanol–water partition coefficient (Wildman–Crippen LogP) is 1.62. The molecule has 0 aliphatic carbocycles. The second kappa shape index (κ2) is 5.19. The lowest BCUT2D eigenvalue weighted by molar-refractivity contribution is -0.144. The Balaban J connectivity index is 2.22. The van der Waals surface area contributed by atoms with E-state index in [0.717, 1.165) is 5.56 Å². The van der Waals surface area contributed by atoms with Crippen LogP contribution in [0.25, 0.3) is 0 Å². The van der Waals surface area contributed by atoms with E-state index in [9.17, 15) is 14.7 Å². The van der Waals surface area contributed by atoms with Crippen LogP contribution in [0.3, 0.4) is 0 Å². The van der Waals surface area contributed by atoms with Crippen molar-refractivity contribution in [2.24, 2.45) is 0 Å². The number of nitrogens with one attached hydrogen (secondary N) is 1. The van der Waals surface area contributed by atoms with Crippen molar-refractivity contribution in [2.75, 3.05) is 13.2 Å². The average molecular weight is 284 g/mol. The normalized spacial score (nSPS) is 22.2. The van der Waals surface area contributed by atoms with Crippen LogP contribution in [-0.2, 0) is 9.53 Å². The molecule has 0 saturated carbocycles. The van der Waals surface area contributed by atoms with E-state index in [2.05, 4.69) is 5.32 Å². The molecular weight excluding hydrogens is 270 g/mol. The molecule has 1 aromatic rings. The summed E-state index contributed by atoms with van der Waals surface area (Å²) >= 11 is 6.00. The van der Waals surface area contributed by atoms with Crippen LogP contribution < -0.4 is 5.32 Å². The number of aryl methyl sites for hydroxylation is 1. The highest BCUT2D eigenvalue weighted by molar-refractivity contribution is 6.34. The molecule has 2 N–H and O–H groups in total. The van der Waals surface area contributed by atoms with Crippen molar-refractivity contribution >= 4 is 23.5 Å². The van der Waals surface area contributed by atoms with Crippen LogP contribution in [0, 0.1) is 6.92 Å². The van der Waals surface area contributed by atoms with E-state index in [4.69, 9.17) is 16.3 Å². The highest BCUT2D eigenvalue weighted by Gasteiger charge is 2.44. The van der Waals surface area contributed by atoms with Gasteiger partial charge in [0.25, 0.3) is 5.91 Å². The van der Waals surface area contributed by atoms with Gasteiger partial charge < -0.3 is 15.2 Å². The Bertz CT molecular complexity index is 523. The van der Waals surface area contributed by atoms with Crippen molar-refractivity contribution in [2.45, 2.75) is 18.9 Å². The smallest absolute Gasteiger partial charge is 0.331 e. The summed E-state index contributed by atoms with van der Waals surface area (Å²) in [6, 6.07) is 4.99. The van der Waals surface area contributed by atoms with Gasteiger partial charge in [-0.05, 0) is 24.6 Å². The van der Waals surface area contributed by atoms with Gasteiger partial charge in [0.2, 0.25) is 0 Å². The fraction of sp³-hybridized carbons (Fsp3) is 0.385. The van der Waals surface area contributed by atoms with Gasteiger partial charge in [0, 0.05) is 13.0 Å². The number of carboxylic acids is 1. The molecule has 0 aromatic heterocycles. The minimum absolute atomic E-state index is 0.0302. The molecule has 0 bridgehead atoms. The first-order chi connectivity index (χ1) is 8.94. The van der Waals surface area contributed by atoms with E-state index < -0.39 is 17.4 Å². The number of aliphatic carboxylic acids is 1. The Morgan fingerprint density at radius 3 is 2.74 bits per heavy atom. The number of halogens is 1. The van der Waals surface area contributed by atoms with Crippen LogP contribution in [0.4, 0.5) is 0 Å². The number of carbonyl (C=O) groups is 2. The molecule has 1 amide bonds. The fourth-order valence-corrected chi connectivity index (χ4v) is 2.30. The quantitative estimate of drug-likeness (QED) is 0.884. The van der Waals surface area contributed by atoms with Crippen LogP contribution in [0.5, 0.6) is 0 Å². The molecule has 0 spiro atoms. The number of amides is 1. The van der Waals surface area contributed by atoms with Crippen LogP contribution >= 0.6 is 11.6 Å². The van der Waals surface area contributed by atoms with Gasteiger partial charge in [-0.3, -0.25) is 4.79 Å². The van der Waals surface area contributed by atoms with Crippen LogP contribution in [-0.4, -0.2) is 35.7 Å². The molecule has 1 fully saturated rings. The summed E-state index contributed by atoms with van der Waals surface area (Å²) in [5, 5.41) is 12.1. The van der Waals surface area contributed by atoms with Crippen molar-refractivity contribution in [3.05, 3.63) is 34.3 Å². The van der Waals surface area contributed by atoms with E-state index in [1.165, 1.54) is 0 Å². The first kappa shape index (κ1) is 13.8. The lowest BCUT2D eigenvalue weighted by atomic mass is 9.98. The van der Waals surface area contributed by atoms with Gasteiger partial charge in [-0.2, -0.15) is 0 Å². The summed E-state index contributed by atoms with van der Waals surface area (Å²) in [6.07, 6.45) is 0.248. The standard InChI is InChI=1S/C13H14ClNO4/c1-8-2-3-9(10(14)6-8)11(16)15-13(12(17)18)4-5-19-7-13/h2-3,6H,4-5,7H2,1H3,(H,15,16)(H,17,18). The van der Waals surface area contributed by atoms with E-state index >= 15 is 0 Å². The third-order valence-corrected chi connectivity index (χ3v) is 3.47. The van der Waals surface area contributed by atoms with Crippen LogP contribution in [0.15, 0.2) is 18.2 Å². The number of carboxylic acid groups (broad SMARTS) is 1. The Morgan fingerprint density at radius 1 is 1.47 bits per heavy atom. The van der Waals surface area contributed by atoms with Gasteiger partial charge in [-0.1, -0.05) is 17.7 Å². The van der Waals surface area contributed by atoms with E-state index in [1.807, 2.05) is 6.92 Å². The minimum Gasteiger partial charge on any atom is -0.479 e. The molecule has 6 heteroatoms. The number of rotatable bonds is 3. The molecule has 1 aromatic carbocycles. The largest absolute Gasteiger partial charge is 0.479 e. The van der Waals surface area contributed by atoms with Gasteiger partial charge in [0.15, 0.2) is 5.54 Å². The monoisotopic (exact) mass is 283 g/mol. The SMILES string of the molecule is Cc1ccc(C(=O)NC2(C(=O)O)CCOC2)c(Cl)c1. The van der Waals surface area contributed by atoms with Crippen molar-refractivity contribution in [3.63, 3.8) is 0 Å². The van der Waals surface area contributed by atoms with Gasteiger partial charge in [0.05, 0.1) is 17.2 Å². The van der Waals surface area contributed by atoms with Gasteiger partial charge in [0.1, 0.15) is 0 Å². The molecule has 102 valence electrons. The Labute approximate surface area is 115 Å². The molecule has 1 unspecified atom stereocenters. The van der Waals surface area contributed by atoms with Gasteiger partial charge in [-0.25, -0.2) is 4.79 Å². The van der Waals surface area contributed by atoms with E-state index in [0.29, 0.717) is 11.6 Å². The summed E-state index contributed by atoms with van der Waals surface area (Å²) in [7, 11) is 0. The van der Waals surface area contributed by atoms with Gasteiger partial charge in [-0.15, -0.1) is 0 Å². The number of benzene rings is 1. The Morgan fingerprint density at radius 2 is 2.21 bits per heavy atom. The Kier molecular flexibility index (Phi) is 3.78. The maximum atomic E-state index is 12.1. The maximum Gasteiger partial charge on any atom is 0.331 e. The molecule has 19 heavy (non-hydrogen) atoms. The molecule has 0 radical (unpaired) electrons. The maximum absolute atomic E-state index is 12.1. The van der Waals surface area contributed by atoms with Crippen molar-refractivity contribution in [3.8, 4) is 0 Å². The van der Waals surface area contributed by atoms with Gasteiger partial charge >= 0.3 is 5.97 Å². The van der Waals surface area contributed by atoms with Crippen LogP contribution in [0.1, 0.15) is 22.3 Å². The predicted molar refractivity (Wildman–Crippen MR) is 69.5 cm³/mol. The second-order valence-corrected chi connectivity index (χ2v) is 5.03. The molecule has 1 heterocycles. The van der Waals surface area contributed by atoms with E-state index in [1.54, 1.807) is 18.2 Å². The summed E-state index contributed by atoms with van der Waals surface area (Å²) in [4.78, 5) is 23.4. The third-order valence-electron chi connectivity index (χ3n) is 3.15. The molecule has 1 aliphatic rings. The summed E-state index contributed by atoms with van der Waals surface area (Å²) in [5.41, 5.74) is -0.163. The zero-order valence-electron chi connectivity index (χ0n) is 10.4. The summed E-state index contributed by atoms with van der Waals surface area (Å²) < 4.78 is 5.08. The highest BCUT2D eigenvalue weighted by atomic mass is 35.5. The number of hydrogen-bond acceptors (Lipinski definition) is 3. The summed E-state index contributed by atoms with van der Waals surface area (Å²) in [5.74, 6) is -1.60. The first-order valence-electron chi connectivity index (χ1n) is 5.84. The van der Waals surface area contributed by atoms with Crippen molar-refractivity contribution < 1.29 is 19.4 Å². The molecule has 1 atom stereocenters. The third kappa shape index (κ3) is 2.72. The highest BCUT2D eigenvalue weighted by Crippen LogP contribution is 2.22. The molecule has 1 saturated heterocycles. The molecule has 5 nitrogen and oxygen atoms in total. The van der Waals surface area contributed by atoms with E-state index in [-0.39, 0.29) is 18.6 Å². The topological polar surface area (TPSA) is 75.6 Å². The number of ether oxygens (including phenoxy) is 1. The lowest BCUT2D eigenvalue weighted by Gasteiger charge is -2.23. The Hall–Kier alpha value is -1.59. The zero-order chi connectivity index (χ0) is 14.0. The average Bonchev–Trinajstić information content (AvgIpc) is 2.78. The lowest BCUT2D eigenvalue weighted by Crippen LogP contribution is -2.55. The van der Waals surface area contributed by atoms with Crippen molar-refractivity contribution in [1.82, 2.24) is 5.32 Å². The molecule has 2 rings (SSSR count). The minimum atomic E-state index is -1.36. The fourth-order valence-electron chi connectivity index (χ4n) is 1.97. The second-order valence-electron chi connectivity index (χ2n) is 4.63. The molecular formula is C13H14ClNO4. The number of hydrogen-bond donors (Lipinski definition) is 2. The molecule has 1 aliphatic heterocycles. The van der Waals surface area contributed by atoms with Crippen molar-refractivity contribution in [1.29, 1.82) is 0 Å². The number of carbonyl (C=O) groups excluding carboxylic acids is 1. The first-order valence-corrected chi connectivity index (χ1v) is 6.22. The van der Waals surface area contributed by atoms with Crippen LogP contribution in [0.2, 0.25) is 5.02 Å². The summed E-state index contributed by atoms with van der Waals surface area (Å²) in [6.45, 7) is 2.14. The zero-order valence-corrected chi connectivity index (χ0v) is 11.2.